The van der Waals surface area contributed by atoms with E-state index in [1.807, 2.05) is 26.1 Å². The second-order valence-corrected chi connectivity index (χ2v) is 7.37. The van der Waals surface area contributed by atoms with Crippen LogP contribution in [0.3, 0.4) is 0 Å². The van der Waals surface area contributed by atoms with Gasteiger partial charge in [-0.1, -0.05) is 0 Å². The van der Waals surface area contributed by atoms with Gasteiger partial charge in [-0.05, 0) is 26.1 Å². The fourth-order valence-electron chi connectivity index (χ4n) is 1.91. The van der Waals surface area contributed by atoms with E-state index in [2.05, 4.69) is 20.9 Å². The number of amides is 2. The van der Waals surface area contributed by atoms with E-state index < -0.39 is 0 Å². The van der Waals surface area contributed by atoms with Crippen LogP contribution in [0.25, 0.3) is 10.6 Å². The first-order valence-electron chi connectivity index (χ1n) is 7.25. The van der Waals surface area contributed by atoms with E-state index >= 15 is 0 Å². The van der Waals surface area contributed by atoms with Gasteiger partial charge in [-0.25, -0.2) is 4.98 Å². The highest BCUT2D eigenvalue weighted by Crippen LogP contribution is 2.34. The summed E-state index contributed by atoms with van der Waals surface area (Å²) in [4.78, 5) is 30.4. The number of hydrogen-bond donors (Lipinski definition) is 3. The number of carbonyl (C=O) groups is 2. The van der Waals surface area contributed by atoms with Gasteiger partial charge >= 0.3 is 0 Å². The molecule has 24 heavy (non-hydrogen) atoms. The summed E-state index contributed by atoms with van der Waals surface area (Å²) in [7, 11) is 1.81. The van der Waals surface area contributed by atoms with Crippen molar-refractivity contribution < 1.29 is 9.59 Å². The Morgan fingerprint density at radius 3 is 2.67 bits per heavy atom. The molecule has 0 fully saturated rings. The summed E-state index contributed by atoms with van der Waals surface area (Å²) in [6.07, 6.45) is 0.421. The zero-order valence-electron chi connectivity index (χ0n) is 13.8. The number of rotatable bonds is 7. The molecule has 0 aromatic carbocycles. The van der Waals surface area contributed by atoms with Crippen LogP contribution in [0.4, 0.5) is 5.13 Å². The highest BCUT2D eigenvalue weighted by Gasteiger charge is 2.13. The summed E-state index contributed by atoms with van der Waals surface area (Å²) in [6.45, 7) is 4.66. The van der Waals surface area contributed by atoms with Crippen molar-refractivity contribution in [1.82, 2.24) is 15.6 Å². The molecule has 0 spiro atoms. The average molecular weight is 389 g/mol. The second kappa shape index (κ2) is 9.73. The van der Waals surface area contributed by atoms with Crippen molar-refractivity contribution in [2.24, 2.45) is 0 Å². The van der Waals surface area contributed by atoms with Gasteiger partial charge in [-0.2, -0.15) is 0 Å². The molecule has 0 aliphatic heterocycles. The molecule has 2 amide bonds. The van der Waals surface area contributed by atoms with Gasteiger partial charge < -0.3 is 16.0 Å². The van der Waals surface area contributed by atoms with Crippen molar-refractivity contribution >= 4 is 52.0 Å². The molecule has 3 N–H and O–H groups in total. The van der Waals surface area contributed by atoms with Gasteiger partial charge in [0.05, 0.1) is 17.1 Å². The minimum absolute atomic E-state index is 0. The summed E-state index contributed by atoms with van der Waals surface area (Å²) in [5.74, 6) is -0.0893. The van der Waals surface area contributed by atoms with Gasteiger partial charge in [0.15, 0.2) is 5.13 Å². The zero-order chi connectivity index (χ0) is 16.8. The Labute approximate surface area is 155 Å². The van der Waals surface area contributed by atoms with Crippen LogP contribution < -0.4 is 16.0 Å². The zero-order valence-corrected chi connectivity index (χ0v) is 16.2. The number of hydrogen-bond acceptors (Lipinski definition) is 6. The van der Waals surface area contributed by atoms with Crippen LogP contribution in [-0.4, -0.2) is 30.4 Å². The summed E-state index contributed by atoms with van der Waals surface area (Å²) in [6, 6.07) is 3.98. The van der Waals surface area contributed by atoms with Crippen LogP contribution in [0.15, 0.2) is 12.1 Å². The maximum atomic E-state index is 11.8. The Hall–Kier alpha value is -1.48. The van der Waals surface area contributed by atoms with E-state index in [1.54, 1.807) is 11.3 Å². The molecule has 0 saturated heterocycles. The Balaban J connectivity index is 0.00000288. The average Bonchev–Trinajstić information content (AvgIpc) is 3.09. The van der Waals surface area contributed by atoms with E-state index in [4.69, 9.17) is 0 Å². The lowest BCUT2D eigenvalue weighted by molar-refractivity contribution is -0.119. The smallest absolute Gasteiger partial charge is 0.227 e. The van der Waals surface area contributed by atoms with Crippen LogP contribution >= 0.6 is 35.1 Å². The Morgan fingerprint density at radius 1 is 1.25 bits per heavy atom. The number of carbonyl (C=O) groups excluding carboxylic acids is 2. The van der Waals surface area contributed by atoms with Crippen molar-refractivity contribution in [2.45, 2.75) is 26.8 Å². The predicted octanol–water partition coefficient (Wildman–Crippen LogP) is 2.79. The minimum atomic E-state index is -0.0450. The Bertz CT molecular complexity index is 699. The lowest BCUT2D eigenvalue weighted by atomic mass is 10.3. The second-order valence-electron chi connectivity index (χ2n) is 5.00. The van der Waals surface area contributed by atoms with Crippen molar-refractivity contribution in [3.8, 4) is 10.6 Å². The highest BCUT2D eigenvalue weighted by atomic mass is 35.5. The lowest BCUT2D eigenvalue weighted by Gasteiger charge is -2.00. The quantitative estimate of drug-likeness (QED) is 0.681. The maximum absolute atomic E-state index is 11.8. The largest absolute Gasteiger partial charge is 0.351 e. The summed E-state index contributed by atoms with van der Waals surface area (Å²) in [5.41, 5.74) is 0.887. The molecule has 0 aliphatic rings. The number of halogens is 1. The fraction of sp³-hybridized carbons (Fsp3) is 0.400. The monoisotopic (exact) mass is 388 g/mol. The van der Waals surface area contributed by atoms with Crippen molar-refractivity contribution in [1.29, 1.82) is 0 Å². The molecule has 9 heteroatoms. The van der Waals surface area contributed by atoms with Crippen molar-refractivity contribution in [3.05, 3.63) is 21.9 Å². The number of thiazole rings is 1. The molecule has 132 valence electrons. The SMILES string of the molecule is CNCCC(=O)Nc1nc(-c2ccc(CNC(C)=O)s2)c(C)s1.Cl. The van der Waals surface area contributed by atoms with Gasteiger partial charge in [0.1, 0.15) is 0 Å². The van der Waals surface area contributed by atoms with E-state index in [0.29, 0.717) is 24.6 Å². The van der Waals surface area contributed by atoms with Crippen molar-refractivity contribution in [2.75, 3.05) is 18.9 Å². The maximum Gasteiger partial charge on any atom is 0.227 e. The van der Waals surface area contributed by atoms with Crippen LogP contribution in [0, 0.1) is 6.92 Å². The molecule has 0 unspecified atom stereocenters. The van der Waals surface area contributed by atoms with Crippen LogP contribution in [0.5, 0.6) is 0 Å². The summed E-state index contributed by atoms with van der Waals surface area (Å²) < 4.78 is 0. The number of nitrogens with one attached hydrogen (secondary N) is 3. The van der Waals surface area contributed by atoms with Gasteiger partial charge in [0, 0.05) is 29.6 Å². The van der Waals surface area contributed by atoms with E-state index in [-0.39, 0.29) is 24.2 Å². The van der Waals surface area contributed by atoms with Crippen LogP contribution in [0.2, 0.25) is 0 Å². The van der Waals surface area contributed by atoms with Gasteiger partial charge in [-0.15, -0.1) is 35.1 Å². The normalized spacial score (nSPS) is 10.1. The van der Waals surface area contributed by atoms with Crippen LogP contribution in [-0.2, 0) is 16.1 Å². The predicted molar refractivity (Wildman–Crippen MR) is 102 cm³/mol. The third-order valence-corrected chi connectivity index (χ3v) is 5.03. The highest BCUT2D eigenvalue weighted by molar-refractivity contribution is 7.18. The van der Waals surface area contributed by atoms with E-state index in [1.165, 1.54) is 18.3 Å². The molecule has 2 rings (SSSR count). The van der Waals surface area contributed by atoms with E-state index in [9.17, 15) is 9.59 Å². The number of nitrogens with zero attached hydrogens (tertiary/aromatic N) is 1. The summed E-state index contributed by atoms with van der Waals surface area (Å²) in [5, 5.41) is 9.18. The first-order chi connectivity index (χ1) is 11.0. The topological polar surface area (TPSA) is 83.1 Å². The number of aromatic nitrogens is 1. The number of anilines is 1. The van der Waals surface area contributed by atoms with Crippen LogP contribution in [0.1, 0.15) is 23.1 Å². The third kappa shape index (κ3) is 5.86. The number of aryl methyl sites for hydroxylation is 1. The standard InChI is InChI=1S/C15H20N4O2S2.ClH/c1-9-14(12-5-4-11(23-12)8-17-10(2)20)19-15(22-9)18-13(21)6-7-16-3;/h4-5,16H,6-8H2,1-3H3,(H,17,20)(H,18,19,21);1H. The molecule has 0 radical (unpaired) electrons. The molecule has 0 saturated carbocycles. The molecule has 2 aromatic heterocycles. The molecule has 0 bridgehead atoms. The Kier molecular flexibility index (Phi) is 8.34. The molecular weight excluding hydrogens is 368 g/mol. The van der Waals surface area contributed by atoms with Gasteiger partial charge in [-0.3, -0.25) is 9.59 Å². The molecule has 0 aliphatic carbocycles. The summed E-state index contributed by atoms with van der Waals surface area (Å²) >= 11 is 3.07. The number of thiophene rings is 1. The van der Waals surface area contributed by atoms with Crippen molar-refractivity contribution in [3.63, 3.8) is 0 Å². The first-order valence-corrected chi connectivity index (χ1v) is 8.88. The molecule has 0 atom stereocenters. The lowest BCUT2D eigenvalue weighted by Crippen LogP contribution is -2.18. The van der Waals surface area contributed by atoms with E-state index in [0.717, 1.165) is 20.3 Å². The van der Waals surface area contributed by atoms with Gasteiger partial charge in [0.25, 0.3) is 0 Å². The third-order valence-electron chi connectivity index (χ3n) is 3.05. The Morgan fingerprint density at radius 2 is 2.00 bits per heavy atom. The fourth-order valence-corrected chi connectivity index (χ4v) is 3.81. The molecule has 6 nitrogen and oxygen atoms in total. The molecule has 2 aromatic rings. The minimum Gasteiger partial charge on any atom is -0.351 e. The van der Waals surface area contributed by atoms with Gasteiger partial charge in [0.2, 0.25) is 11.8 Å². The molecule has 2 heterocycles. The first kappa shape index (κ1) is 20.6. The molecular formula is C15H21ClN4O2S2.